The third-order valence-electron chi connectivity index (χ3n) is 2.36. The maximum absolute atomic E-state index is 5.47. The molecule has 0 aromatic rings. The summed E-state index contributed by atoms with van der Waals surface area (Å²) in [6.45, 7) is 10.6. The molecule has 0 bridgehead atoms. The van der Waals surface area contributed by atoms with E-state index >= 15 is 0 Å². The molecule has 0 fully saturated rings. The van der Waals surface area contributed by atoms with Crippen molar-refractivity contribution in [1.29, 1.82) is 0 Å². The Bertz CT molecular complexity index is 141. The number of nitrogens with one attached hydrogen (secondary N) is 1. The molecule has 3 N–H and O–H groups in total. The highest BCUT2D eigenvalue weighted by Crippen LogP contribution is 2.13. The van der Waals surface area contributed by atoms with Crippen LogP contribution in [0.15, 0.2) is 12.2 Å². The van der Waals surface area contributed by atoms with Gasteiger partial charge in [0.1, 0.15) is 0 Å². The van der Waals surface area contributed by atoms with Gasteiger partial charge in [0.15, 0.2) is 0 Å². The van der Waals surface area contributed by atoms with E-state index in [0.717, 1.165) is 25.2 Å². The summed E-state index contributed by atoms with van der Waals surface area (Å²) in [5.74, 6) is 6.23. The van der Waals surface area contributed by atoms with E-state index in [0.29, 0.717) is 6.04 Å². The number of hydrazine groups is 1. The summed E-state index contributed by atoms with van der Waals surface area (Å²) < 4.78 is 0. The minimum absolute atomic E-state index is 0.412. The molecule has 0 aliphatic carbocycles. The van der Waals surface area contributed by atoms with E-state index in [4.69, 9.17) is 5.84 Å². The van der Waals surface area contributed by atoms with Crippen molar-refractivity contribution in [2.45, 2.75) is 52.5 Å². The van der Waals surface area contributed by atoms with Gasteiger partial charge in [0.05, 0.1) is 0 Å². The molecule has 0 saturated heterocycles. The van der Waals surface area contributed by atoms with Gasteiger partial charge in [-0.25, -0.2) is 0 Å². The van der Waals surface area contributed by atoms with Crippen molar-refractivity contribution in [3.05, 3.63) is 12.2 Å². The minimum Gasteiger partial charge on any atom is -0.271 e. The van der Waals surface area contributed by atoms with Crippen LogP contribution in [0.5, 0.6) is 0 Å². The monoisotopic (exact) mass is 184 g/mol. The molecule has 0 rings (SSSR count). The Morgan fingerprint density at radius 1 is 1.38 bits per heavy atom. The van der Waals surface area contributed by atoms with E-state index in [9.17, 15) is 0 Å². The van der Waals surface area contributed by atoms with E-state index in [1.54, 1.807) is 0 Å². The van der Waals surface area contributed by atoms with Gasteiger partial charge in [-0.05, 0) is 31.6 Å². The molecule has 0 saturated carbocycles. The maximum Gasteiger partial charge on any atom is 0.0247 e. The van der Waals surface area contributed by atoms with Gasteiger partial charge in [-0.3, -0.25) is 11.3 Å². The summed E-state index contributed by atoms with van der Waals surface area (Å²) in [5, 5.41) is 0. The average molecular weight is 184 g/mol. The Labute approximate surface area is 82.6 Å². The Kier molecular flexibility index (Phi) is 6.92. The summed E-state index contributed by atoms with van der Waals surface area (Å²) in [6.07, 6.45) is 4.44. The highest BCUT2D eigenvalue weighted by atomic mass is 15.2. The summed E-state index contributed by atoms with van der Waals surface area (Å²) in [7, 11) is 0. The Morgan fingerprint density at radius 3 is 2.38 bits per heavy atom. The predicted octanol–water partition coefficient (Wildman–Crippen LogP) is 2.61. The molecule has 0 aromatic carbocycles. The van der Waals surface area contributed by atoms with Gasteiger partial charge in [-0.2, -0.15) is 0 Å². The van der Waals surface area contributed by atoms with Crippen molar-refractivity contribution in [3.8, 4) is 0 Å². The Balaban J connectivity index is 3.69. The van der Waals surface area contributed by atoms with Gasteiger partial charge in [0.25, 0.3) is 0 Å². The molecule has 0 heterocycles. The van der Waals surface area contributed by atoms with Crippen molar-refractivity contribution in [2.75, 3.05) is 0 Å². The van der Waals surface area contributed by atoms with Gasteiger partial charge in [-0.1, -0.05) is 32.9 Å². The molecule has 2 nitrogen and oxygen atoms in total. The predicted molar refractivity (Wildman–Crippen MR) is 59.2 cm³/mol. The second kappa shape index (κ2) is 7.10. The first-order valence-corrected chi connectivity index (χ1v) is 5.22. The number of nitrogens with two attached hydrogens (primary N) is 1. The van der Waals surface area contributed by atoms with Crippen LogP contribution in [0, 0.1) is 5.92 Å². The molecule has 1 atom stereocenters. The van der Waals surface area contributed by atoms with Crippen LogP contribution in [0.3, 0.4) is 0 Å². The second-order valence-corrected chi connectivity index (χ2v) is 4.14. The first kappa shape index (κ1) is 12.7. The molecular weight excluding hydrogens is 160 g/mol. The van der Waals surface area contributed by atoms with Crippen molar-refractivity contribution in [3.63, 3.8) is 0 Å². The smallest absolute Gasteiger partial charge is 0.0247 e. The molecule has 0 aliphatic rings. The maximum atomic E-state index is 5.47. The fourth-order valence-corrected chi connectivity index (χ4v) is 1.27. The summed E-state index contributed by atoms with van der Waals surface area (Å²) in [5.41, 5.74) is 4.15. The highest BCUT2D eigenvalue weighted by Gasteiger charge is 2.08. The third-order valence-corrected chi connectivity index (χ3v) is 2.36. The van der Waals surface area contributed by atoms with Crippen molar-refractivity contribution in [1.82, 2.24) is 5.43 Å². The van der Waals surface area contributed by atoms with Crippen LogP contribution in [0.1, 0.15) is 46.5 Å². The van der Waals surface area contributed by atoms with Gasteiger partial charge in [0, 0.05) is 6.04 Å². The molecule has 2 heteroatoms. The van der Waals surface area contributed by atoms with E-state index in [2.05, 4.69) is 32.8 Å². The van der Waals surface area contributed by atoms with Crippen LogP contribution in [-0.4, -0.2) is 6.04 Å². The molecule has 1 unspecified atom stereocenters. The van der Waals surface area contributed by atoms with E-state index in [1.807, 2.05) is 0 Å². The van der Waals surface area contributed by atoms with Crippen LogP contribution in [0.2, 0.25) is 0 Å². The Morgan fingerprint density at radius 2 is 2.00 bits per heavy atom. The lowest BCUT2D eigenvalue weighted by molar-refractivity contribution is 0.431. The topological polar surface area (TPSA) is 38.0 Å². The van der Waals surface area contributed by atoms with E-state index < -0.39 is 0 Å². The molecule has 0 aromatic heterocycles. The first-order valence-electron chi connectivity index (χ1n) is 5.22. The van der Waals surface area contributed by atoms with E-state index in [-0.39, 0.29) is 0 Å². The van der Waals surface area contributed by atoms with Crippen molar-refractivity contribution >= 4 is 0 Å². The average Bonchev–Trinajstić information content (AvgIpc) is 2.11. The Hall–Kier alpha value is -0.340. The third kappa shape index (κ3) is 6.79. The summed E-state index contributed by atoms with van der Waals surface area (Å²) in [6, 6.07) is 0.412. The fraction of sp³-hybridized carbons (Fsp3) is 0.818. The zero-order chi connectivity index (χ0) is 10.3. The summed E-state index contributed by atoms with van der Waals surface area (Å²) >= 11 is 0. The van der Waals surface area contributed by atoms with Crippen LogP contribution in [-0.2, 0) is 0 Å². The van der Waals surface area contributed by atoms with Gasteiger partial charge in [-0.15, -0.1) is 0 Å². The fourth-order valence-electron chi connectivity index (χ4n) is 1.27. The number of hydrogen-bond donors (Lipinski definition) is 2. The molecule has 0 spiro atoms. The molecule has 0 radical (unpaired) electrons. The van der Waals surface area contributed by atoms with Gasteiger partial charge >= 0.3 is 0 Å². The molecule has 13 heavy (non-hydrogen) atoms. The highest BCUT2D eigenvalue weighted by molar-refractivity contribution is 4.96. The van der Waals surface area contributed by atoms with Crippen LogP contribution >= 0.6 is 0 Å². The van der Waals surface area contributed by atoms with Crippen LogP contribution in [0.25, 0.3) is 0 Å². The number of hydrogen-bond acceptors (Lipinski definition) is 2. The first-order chi connectivity index (χ1) is 6.10. The van der Waals surface area contributed by atoms with Crippen molar-refractivity contribution in [2.24, 2.45) is 11.8 Å². The zero-order valence-electron chi connectivity index (χ0n) is 9.27. The minimum atomic E-state index is 0.412. The normalized spacial score (nSPS) is 13.3. The lowest BCUT2D eigenvalue weighted by atomic mass is 9.98. The SMILES string of the molecule is C=C(CC)CC(CCC(C)C)NN. The lowest BCUT2D eigenvalue weighted by Crippen LogP contribution is -2.35. The summed E-state index contributed by atoms with van der Waals surface area (Å²) in [4.78, 5) is 0. The largest absolute Gasteiger partial charge is 0.271 e. The lowest BCUT2D eigenvalue weighted by Gasteiger charge is -2.17. The quantitative estimate of drug-likeness (QED) is 0.362. The zero-order valence-corrected chi connectivity index (χ0v) is 9.27. The van der Waals surface area contributed by atoms with Crippen LogP contribution in [0.4, 0.5) is 0 Å². The molecule has 0 aliphatic heterocycles. The van der Waals surface area contributed by atoms with Gasteiger partial charge in [0.2, 0.25) is 0 Å². The van der Waals surface area contributed by atoms with E-state index in [1.165, 1.54) is 12.0 Å². The second-order valence-electron chi connectivity index (χ2n) is 4.14. The standard InChI is InChI=1S/C11H24N2/c1-5-10(4)8-11(13-12)7-6-9(2)3/h9,11,13H,4-8,12H2,1-3H3. The molecule has 78 valence electrons. The van der Waals surface area contributed by atoms with Gasteiger partial charge < -0.3 is 0 Å². The molecular formula is C11H24N2. The number of rotatable bonds is 7. The van der Waals surface area contributed by atoms with Crippen molar-refractivity contribution < 1.29 is 0 Å². The van der Waals surface area contributed by atoms with Crippen LogP contribution < -0.4 is 11.3 Å². The molecule has 0 amide bonds.